The third-order valence-corrected chi connectivity index (χ3v) is 11.5. The molecule has 0 atom stereocenters. The lowest BCUT2D eigenvalue weighted by atomic mass is 9.98. The lowest BCUT2D eigenvalue weighted by Gasteiger charge is -2.10. The summed E-state index contributed by atoms with van der Waals surface area (Å²) in [5.41, 5.74) is 18.9. The fourth-order valence-corrected chi connectivity index (χ4v) is 7.25. The lowest BCUT2D eigenvalue weighted by Crippen LogP contribution is -2.00. The van der Waals surface area contributed by atoms with Gasteiger partial charge in [-0.15, -0.1) is 0 Å². The Morgan fingerprint density at radius 1 is 0.301 bits per heavy atom. The standard InChI is InChI=1S/3C9H14N2.3C8H12N2.C7H10N2.CH4/c1-6(2)9-5-10-11-8(4)7(9)3;1-6(2)9-7(3)5-10-11-8(9)4;1-6(2)9-5-7(3)10-11-8(9)4;1-6(2)8-5-10-9-4-7(8)3;1-6(2)8-4-7(3)10-9-5-8;1-6(2)8-4-5-9-10-7(8)3;1-6(2)7-3-4-8-9-5-7;/h3*5-6H,1-4H3;3*4-6H,1-3H3;3-6H,1-2H3;1H4. The van der Waals surface area contributed by atoms with E-state index in [1.54, 1.807) is 24.8 Å². The summed E-state index contributed by atoms with van der Waals surface area (Å²) in [5, 5.41) is 54.3. The molecule has 0 amide bonds. The third kappa shape index (κ3) is 25.2. The van der Waals surface area contributed by atoms with E-state index < -0.39 is 0 Å². The van der Waals surface area contributed by atoms with E-state index in [1.807, 2.05) is 78.5 Å². The Balaban J connectivity index is 0.000000827. The molecule has 0 aliphatic heterocycles. The molecule has 14 nitrogen and oxygen atoms in total. The van der Waals surface area contributed by atoms with Gasteiger partial charge < -0.3 is 0 Å². The van der Waals surface area contributed by atoms with Crippen LogP contribution in [0.4, 0.5) is 0 Å². The molecule has 0 radical (unpaired) electrons. The number of aromatic nitrogens is 14. The second kappa shape index (κ2) is 34.8. The summed E-state index contributed by atoms with van der Waals surface area (Å²) in [4.78, 5) is 0. The van der Waals surface area contributed by atoms with E-state index in [4.69, 9.17) is 0 Å². The van der Waals surface area contributed by atoms with Crippen molar-refractivity contribution >= 4 is 0 Å². The molecule has 0 aromatic carbocycles. The molecule has 0 saturated carbocycles. The first-order valence-electron chi connectivity index (χ1n) is 25.3. The van der Waals surface area contributed by atoms with Crippen LogP contribution < -0.4 is 0 Å². The summed E-state index contributed by atoms with van der Waals surface area (Å²) in [6.07, 6.45) is 14.4. The molecule has 0 unspecified atom stereocenters. The van der Waals surface area contributed by atoms with Gasteiger partial charge in [-0.3, -0.25) is 0 Å². The first-order chi connectivity index (χ1) is 33.8. The Hall–Kier alpha value is -6.44. The highest BCUT2D eigenvalue weighted by molar-refractivity contribution is 5.29. The van der Waals surface area contributed by atoms with E-state index in [0.29, 0.717) is 41.4 Å². The molecule has 0 saturated heterocycles. The van der Waals surface area contributed by atoms with Gasteiger partial charge in [0.1, 0.15) is 0 Å². The Bertz CT molecular complexity index is 2510. The average Bonchev–Trinajstić information content (AvgIpc) is 3.32. The second-order valence-electron chi connectivity index (χ2n) is 20.2. The van der Waals surface area contributed by atoms with E-state index in [2.05, 4.69) is 201 Å². The molecular weight excluding hydrogens is 905 g/mol. The number of aryl methyl sites for hydroxylation is 8. The number of hydrogen-bond donors (Lipinski definition) is 0. The number of hydrogen-bond acceptors (Lipinski definition) is 14. The lowest BCUT2D eigenvalue weighted by molar-refractivity contribution is 0.806. The summed E-state index contributed by atoms with van der Waals surface area (Å²) >= 11 is 0. The Morgan fingerprint density at radius 2 is 0.753 bits per heavy atom. The van der Waals surface area contributed by atoms with Crippen LogP contribution in [0.2, 0.25) is 0 Å². The summed E-state index contributed by atoms with van der Waals surface area (Å²) in [7, 11) is 0. The highest BCUT2D eigenvalue weighted by Crippen LogP contribution is 2.21. The highest BCUT2D eigenvalue weighted by Gasteiger charge is 2.09. The summed E-state index contributed by atoms with van der Waals surface area (Å²) in [6.45, 7) is 48.4. The van der Waals surface area contributed by atoms with E-state index in [-0.39, 0.29) is 7.43 Å². The fourth-order valence-electron chi connectivity index (χ4n) is 7.25. The molecular formula is C59H92N14. The molecule has 0 fully saturated rings. The fraction of sp³-hybridized carbons (Fsp3) is 0.525. The molecule has 0 bridgehead atoms. The Morgan fingerprint density at radius 3 is 1.15 bits per heavy atom. The van der Waals surface area contributed by atoms with Crippen molar-refractivity contribution < 1.29 is 0 Å². The van der Waals surface area contributed by atoms with Crippen molar-refractivity contribution in [2.24, 2.45) is 0 Å². The molecule has 7 aromatic rings. The summed E-state index contributed by atoms with van der Waals surface area (Å²) < 4.78 is 0. The van der Waals surface area contributed by atoms with Gasteiger partial charge >= 0.3 is 0 Å². The maximum absolute atomic E-state index is 4.05. The van der Waals surface area contributed by atoms with Crippen molar-refractivity contribution in [1.29, 1.82) is 0 Å². The molecule has 0 aliphatic carbocycles. The number of nitrogens with zero attached hydrogens (tertiary/aromatic N) is 14. The Labute approximate surface area is 441 Å². The first-order valence-corrected chi connectivity index (χ1v) is 25.3. The van der Waals surface area contributed by atoms with E-state index in [0.717, 1.165) is 34.2 Å². The van der Waals surface area contributed by atoms with Crippen LogP contribution in [0.25, 0.3) is 0 Å². The van der Waals surface area contributed by atoms with Gasteiger partial charge in [0.05, 0.1) is 71.3 Å². The van der Waals surface area contributed by atoms with Crippen LogP contribution in [0.15, 0.2) is 73.8 Å². The predicted octanol–water partition coefficient (Wildman–Crippen LogP) is 14.6. The zero-order valence-corrected chi connectivity index (χ0v) is 48.2. The predicted molar refractivity (Wildman–Crippen MR) is 302 cm³/mol. The smallest absolute Gasteiger partial charge is 0.0637 e. The SMILES string of the molecule is C.CC(C)c1ccnnc1.Cc1cc(C(C)C)c(C)nn1.Cc1cc(C(C)C)cnn1.Cc1cnnc(C)c1C(C)C.Cc1cnncc1C(C)C.Cc1nncc(C(C)C)c1C.Cc1nnccc1C(C)C. The second-order valence-corrected chi connectivity index (χ2v) is 20.2. The first kappa shape index (κ1) is 66.6. The van der Waals surface area contributed by atoms with Gasteiger partial charge in [-0.05, 0) is 184 Å². The van der Waals surface area contributed by atoms with E-state index in [9.17, 15) is 0 Å². The molecule has 7 heterocycles. The van der Waals surface area contributed by atoms with Gasteiger partial charge in [0.25, 0.3) is 0 Å². The van der Waals surface area contributed by atoms with Gasteiger partial charge in [0, 0.05) is 12.4 Å². The molecule has 0 N–H and O–H groups in total. The highest BCUT2D eigenvalue weighted by atomic mass is 15.1. The normalized spacial score (nSPS) is 10.3. The van der Waals surface area contributed by atoms with Crippen LogP contribution in [0.1, 0.15) is 236 Å². The molecule has 7 aromatic heterocycles. The molecule has 73 heavy (non-hydrogen) atoms. The molecule has 398 valence electrons. The van der Waals surface area contributed by atoms with Crippen LogP contribution >= 0.6 is 0 Å². The topological polar surface area (TPSA) is 180 Å². The van der Waals surface area contributed by atoms with Crippen LogP contribution in [-0.4, -0.2) is 71.4 Å². The summed E-state index contributed by atoms with van der Waals surface area (Å²) in [6, 6.07) is 8.18. The van der Waals surface area contributed by atoms with Crippen LogP contribution in [0, 0.1) is 62.3 Å². The number of rotatable bonds is 7. The zero-order chi connectivity index (χ0) is 54.7. The van der Waals surface area contributed by atoms with Gasteiger partial charge in [-0.1, -0.05) is 104 Å². The van der Waals surface area contributed by atoms with E-state index in [1.165, 1.54) is 55.6 Å². The van der Waals surface area contributed by atoms with Crippen LogP contribution in [0.5, 0.6) is 0 Å². The van der Waals surface area contributed by atoms with E-state index >= 15 is 0 Å². The van der Waals surface area contributed by atoms with Crippen molar-refractivity contribution in [1.82, 2.24) is 71.4 Å². The minimum atomic E-state index is 0. The van der Waals surface area contributed by atoms with Gasteiger partial charge in [0.15, 0.2) is 0 Å². The van der Waals surface area contributed by atoms with Crippen LogP contribution in [-0.2, 0) is 0 Å². The van der Waals surface area contributed by atoms with Crippen molar-refractivity contribution in [3.63, 3.8) is 0 Å². The maximum atomic E-state index is 4.05. The molecule has 7 rings (SSSR count). The monoisotopic (exact) mass is 997 g/mol. The third-order valence-electron chi connectivity index (χ3n) is 11.5. The minimum absolute atomic E-state index is 0. The van der Waals surface area contributed by atoms with Crippen LogP contribution in [0.3, 0.4) is 0 Å². The molecule has 14 heteroatoms. The Kier molecular flexibility index (Phi) is 31.8. The van der Waals surface area contributed by atoms with Crippen molar-refractivity contribution in [2.75, 3.05) is 0 Å². The van der Waals surface area contributed by atoms with Gasteiger partial charge in [-0.2, -0.15) is 71.4 Å². The zero-order valence-electron chi connectivity index (χ0n) is 48.2. The van der Waals surface area contributed by atoms with Crippen molar-refractivity contribution in [2.45, 2.75) is 208 Å². The van der Waals surface area contributed by atoms with Gasteiger partial charge in [0.2, 0.25) is 0 Å². The average molecular weight is 997 g/mol. The molecule has 0 spiro atoms. The summed E-state index contributed by atoms with van der Waals surface area (Å²) in [5.74, 6) is 3.85. The maximum Gasteiger partial charge on any atom is 0.0637 e. The van der Waals surface area contributed by atoms with Crippen molar-refractivity contribution in [3.05, 3.63) is 164 Å². The van der Waals surface area contributed by atoms with Gasteiger partial charge in [-0.25, -0.2) is 0 Å². The molecule has 0 aliphatic rings. The van der Waals surface area contributed by atoms with Crippen molar-refractivity contribution in [3.8, 4) is 0 Å². The minimum Gasteiger partial charge on any atom is -0.159 e. The quantitative estimate of drug-likeness (QED) is 0.147. The largest absolute Gasteiger partial charge is 0.159 e.